The molecule has 0 bridgehead atoms. The lowest BCUT2D eigenvalue weighted by molar-refractivity contribution is 0.371. The van der Waals surface area contributed by atoms with Gasteiger partial charge in [0.1, 0.15) is 11.6 Å². The lowest BCUT2D eigenvalue weighted by Crippen LogP contribution is -2.52. The maximum atomic E-state index is 5.22. The van der Waals surface area contributed by atoms with Crippen LogP contribution in [0.2, 0.25) is 0 Å². The normalized spacial score (nSPS) is 14.1. The second kappa shape index (κ2) is 11.7. The van der Waals surface area contributed by atoms with Crippen LogP contribution in [0.4, 0.5) is 5.82 Å². The molecule has 1 aliphatic rings. The van der Waals surface area contributed by atoms with Crippen molar-refractivity contribution in [3.8, 4) is 11.4 Å². The van der Waals surface area contributed by atoms with Crippen LogP contribution >= 0.6 is 24.0 Å². The highest BCUT2D eigenvalue weighted by Crippen LogP contribution is 2.15. The van der Waals surface area contributed by atoms with Crippen molar-refractivity contribution in [2.24, 2.45) is 4.99 Å². The Morgan fingerprint density at radius 3 is 2.50 bits per heavy atom. The van der Waals surface area contributed by atoms with E-state index in [1.54, 1.807) is 7.11 Å². The van der Waals surface area contributed by atoms with E-state index in [0.717, 1.165) is 61.6 Å². The number of halogens is 1. The number of benzene rings is 1. The molecule has 1 fully saturated rings. The van der Waals surface area contributed by atoms with E-state index in [9.17, 15) is 0 Å². The maximum absolute atomic E-state index is 5.22. The molecule has 9 heteroatoms. The van der Waals surface area contributed by atoms with Crippen LogP contribution in [-0.2, 0) is 6.54 Å². The fourth-order valence-corrected chi connectivity index (χ4v) is 3.59. The van der Waals surface area contributed by atoms with Crippen LogP contribution in [0.5, 0.6) is 5.75 Å². The first-order valence-electron chi connectivity index (χ1n) is 10.6. The Morgan fingerprint density at radius 1 is 1.06 bits per heavy atom. The third kappa shape index (κ3) is 5.90. The van der Waals surface area contributed by atoms with Crippen LogP contribution in [0, 0.1) is 0 Å². The van der Waals surface area contributed by atoms with Gasteiger partial charge >= 0.3 is 0 Å². The van der Waals surface area contributed by atoms with Gasteiger partial charge in [-0.15, -0.1) is 24.0 Å². The zero-order valence-corrected chi connectivity index (χ0v) is 20.8. The number of hydrogen-bond donors (Lipinski definition) is 1. The number of guanidine groups is 1. The van der Waals surface area contributed by atoms with Crippen molar-refractivity contribution >= 4 is 35.8 Å². The molecule has 1 saturated heterocycles. The minimum absolute atomic E-state index is 0. The summed E-state index contributed by atoms with van der Waals surface area (Å²) in [6.45, 7) is 7.12. The summed E-state index contributed by atoms with van der Waals surface area (Å²) in [6.07, 6.45) is 3.81. The third-order valence-corrected chi connectivity index (χ3v) is 5.26. The predicted molar refractivity (Wildman–Crippen MR) is 138 cm³/mol. The molecule has 1 N–H and O–H groups in total. The summed E-state index contributed by atoms with van der Waals surface area (Å²) in [7, 11) is 1.67. The zero-order chi connectivity index (χ0) is 21.5. The van der Waals surface area contributed by atoms with Crippen LogP contribution < -0.4 is 15.0 Å². The number of anilines is 1. The van der Waals surface area contributed by atoms with Crippen molar-refractivity contribution in [2.75, 3.05) is 44.7 Å². The van der Waals surface area contributed by atoms with Crippen LogP contribution in [0.3, 0.4) is 0 Å². The summed E-state index contributed by atoms with van der Waals surface area (Å²) >= 11 is 0. The Morgan fingerprint density at radius 2 is 1.84 bits per heavy atom. The number of hydrogen-bond acceptors (Lipinski definition) is 5. The number of methoxy groups -OCH3 is 1. The van der Waals surface area contributed by atoms with Crippen LogP contribution in [0.1, 0.15) is 12.6 Å². The first-order chi connectivity index (χ1) is 15.3. The summed E-state index contributed by atoms with van der Waals surface area (Å²) in [5, 5.41) is 8.09. The molecule has 170 valence electrons. The van der Waals surface area contributed by atoms with Gasteiger partial charge in [-0.05, 0) is 49.4 Å². The fourth-order valence-electron chi connectivity index (χ4n) is 3.59. The van der Waals surface area contributed by atoms with Gasteiger partial charge in [0.2, 0.25) is 0 Å². The van der Waals surface area contributed by atoms with Gasteiger partial charge in [-0.25, -0.2) is 14.7 Å². The van der Waals surface area contributed by atoms with Gasteiger partial charge in [0.05, 0.1) is 25.0 Å². The molecular formula is C23H30IN7O. The second-order valence-corrected chi connectivity index (χ2v) is 7.28. The van der Waals surface area contributed by atoms with E-state index in [1.807, 2.05) is 59.5 Å². The van der Waals surface area contributed by atoms with Crippen molar-refractivity contribution in [2.45, 2.75) is 13.5 Å². The van der Waals surface area contributed by atoms with Gasteiger partial charge < -0.3 is 19.9 Å². The number of aliphatic imine (C=N–C) groups is 1. The molecule has 0 aliphatic carbocycles. The summed E-state index contributed by atoms with van der Waals surface area (Å²) in [4.78, 5) is 13.9. The number of ether oxygens (including phenoxy) is 1. The number of piperazine rings is 1. The smallest absolute Gasteiger partial charge is 0.194 e. The van der Waals surface area contributed by atoms with Gasteiger partial charge in [0.15, 0.2) is 5.96 Å². The summed E-state index contributed by atoms with van der Waals surface area (Å²) in [5.74, 6) is 2.80. The molecule has 0 saturated carbocycles. The lowest BCUT2D eigenvalue weighted by atomic mass is 10.3. The largest absolute Gasteiger partial charge is 0.497 e. The molecule has 3 heterocycles. The van der Waals surface area contributed by atoms with Gasteiger partial charge in [-0.3, -0.25) is 0 Å². The Hall–Kier alpha value is -2.82. The highest BCUT2D eigenvalue weighted by atomic mass is 127. The van der Waals surface area contributed by atoms with E-state index in [1.165, 1.54) is 0 Å². The molecule has 0 radical (unpaired) electrons. The molecule has 1 aliphatic heterocycles. The highest BCUT2D eigenvalue weighted by molar-refractivity contribution is 14.0. The van der Waals surface area contributed by atoms with Crippen LogP contribution in [0.15, 0.2) is 65.9 Å². The molecule has 1 aromatic carbocycles. The molecule has 0 spiro atoms. The number of nitrogens with one attached hydrogen (secondary N) is 1. The monoisotopic (exact) mass is 547 g/mol. The number of pyridine rings is 1. The van der Waals surface area contributed by atoms with Crippen molar-refractivity contribution in [1.82, 2.24) is 25.0 Å². The van der Waals surface area contributed by atoms with Gasteiger partial charge in [-0.1, -0.05) is 6.07 Å². The Balaban J connectivity index is 0.00000289. The standard InChI is InChI=1S/C23H29N7O.HI/c1-3-24-23(29-16-14-28(15-17-29)22-6-4-5-12-25-22)26-18-19-11-13-30(27-19)20-7-9-21(31-2)10-8-20;/h4-13H,3,14-18H2,1-2H3,(H,24,26);1H. The Bertz CT molecular complexity index is 983. The average molecular weight is 547 g/mol. The Kier molecular flexibility index (Phi) is 8.72. The quantitative estimate of drug-likeness (QED) is 0.291. The predicted octanol–water partition coefficient (Wildman–Crippen LogP) is 3.18. The first-order valence-corrected chi connectivity index (χ1v) is 10.6. The van der Waals surface area contributed by atoms with Crippen molar-refractivity contribution in [3.05, 3.63) is 66.6 Å². The molecule has 8 nitrogen and oxygen atoms in total. The second-order valence-electron chi connectivity index (χ2n) is 7.28. The average Bonchev–Trinajstić information content (AvgIpc) is 3.31. The van der Waals surface area contributed by atoms with Gasteiger partial charge in [0.25, 0.3) is 0 Å². The third-order valence-electron chi connectivity index (χ3n) is 5.26. The SMILES string of the molecule is CCNC(=NCc1ccn(-c2ccc(OC)cc2)n1)N1CCN(c2ccccn2)CC1.I. The Labute approximate surface area is 206 Å². The van der Waals surface area contributed by atoms with Crippen LogP contribution in [0.25, 0.3) is 5.69 Å². The number of nitrogens with zero attached hydrogens (tertiary/aromatic N) is 6. The highest BCUT2D eigenvalue weighted by Gasteiger charge is 2.20. The maximum Gasteiger partial charge on any atom is 0.194 e. The molecule has 0 atom stereocenters. The van der Waals surface area contributed by atoms with Crippen molar-refractivity contribution in [1.29, 1.82) is 0 Å². The van der Waals surface area contributed by atoms with Crippen molar-refractivity contribution < 1.29 is 4.74 Å². The van der Waals surface area contributed by atoms with Crippen LogP contribution in [-0.4, -0.2) is 65.5 Å². The summed E-state index contributed by atoms with van der Waals surface area (Å²) < 4.78 is 7.09. The molecular weight excluding hydrogens is 517 g/mol. The van der Waals surface area contributed by atoms with E-state index < -0.39 is 0 Å². The summed E-state index contributed by atoms with van der Waals surface area (Å²) in [5.41, 5.74) is 1.92. The van der Waals surface area contributed by atoms with E-state index in [-0.39, 0.29) is 24.0 Å². The van der Waals surface area contributed by atoms with Gasteiger partial charge in [0, 0.05) is 45.1 Å². The van der Waals surface area contributed by atoms with Gasteiger partial charge in [-0.2, -0.15) is 5.10 Å². The minimum Gasteiger partial charge on any atom is -0.497 e. The topological polar surface area (TPSA) is 70.8 Å². The zero-order valence-electron chi connectivity index (χ0n) is 18.5. The molecule has 32 heavy (non-hydrogen) atoms. The molecule has 3 aromatic rings. The molecule has 0 unspecified atom stereocenters. The van der Waals surface area contributed by atoms with E-state index >= 15 is 0 Å². The van der Waals surface area contributed by atoms with E-state index in [0.29, 0.717) is 6.54 Å². The molecule has 4 rings (SSSR count). The van der Waals surface area contributed by atoms with E-state index in [2.05, 4.69) is 38.2 Å². The number of aromatic nitrogens is 3. The molecule has 2 aromatic heterocycles. The summed E-state index contributed by atoms with van der Waals surface area (Å²) in [6, 6.07) is 15.9. The van der Waals surface area contributed by atoms with E-state index in [4.69, 9.17) is 9.73 Å². The first kappa shape index (κ1) is 23.8. The fraction of sp³-hybridized carbons (Fsp3) is 0.348. The minimum atomic E-state index is 0. The molecule has 0 amide bonds. The van der Waals surface area contributed by atoms with Crippen molar-refractivity contribution in [3.63, 3.8) is 0 Å². The lowest BCUT2D eigenvalue weighted by Gasteiger charge is -2.37. The number of rotatable bonds is 6.